The van der Waals surface area contributed by atoms with Gasteiger partial charge >= 0.3 is 0 Å². The van der Waals surface area contributed by atoms with E-state index in [0.717, 1.165) is 5.56 Å². The standard InChI is InChI=1S/C14H18ClFO/c1-14(2,3)10-6-11(15)13(16)12(7-10)17-8-9-4-5-9/h6-7,9H,4-5,8H2,1-3H3. The number of hydrogen-bond donors (Lipinski definition) is 0. The molecule has 1 aliphatic rings. The van der Waals surface area contributed by atoms with E-state index in [1.807, 2.05) is 0 Å². The lowest BCUT2D eigenvalue weighted by molar-refractivity contribution is 0.284. The third-order valence-electron chi connectivity index (χ3n) is 3.03. The lowest BCUT2D eigenvalue weighted by atomic mass is 9.87. The summed E-state index contributed by atoms with van der Waals surface area (Å²) in [7, 11) is 0. The Hall–Kier alpha value is -0.760. The van der Waals surface area contributed by atoms with Gasteiger partial charge in [-0.1, -0.05) is 32.4 Å². The Morgan fingerprint density at radius 3 is 2.53 bits per heavy atom. The fourth-order valence-corrected chi connectivity index (χ4v) is 1.80. The summed E-state index contributed by atoms with van der Waals surface area (Å²) in [6, 6.07) is 3.45. The lowest BCUT2D eigenvalue weighted by Crippen LogP contribution is -2.12. The predicted molar refractivity (Wildman–Crippen MR) is 68.3 cm³/mol. The van der Waals surface area contributed by atoms with Crippen LogP contribution in [0, 0.1) is 11.7 Å². The molecule has 0 heterocycles. The van der Waals surface area contributed by atoms with E-state index in [9.17, 15) is 4.39 Å². The summed E-state index contributed by atoms with van der Waals surface area (Å²) >= 11 is 5.90. The molecule has 0 bridgehead atoms. The quantitative estimate of drug-likeness (QED) is 0.770. The monoisotopic (exact) mass is 256 g/mol. The van der Waals surface area contributed by atoms with E-state index >= 15 is 0 Å². The van der Waals surface area contributed by atoms with Crippen LogP contribution >= 0.6 is 11.6 Å². The van der Waals surface area contributed by atoms with E-state index in [1.165, 1.54) is 12.8 Å². The number of halogens is 2. The van der Waals surface area contributed by atoms with Gasteiger partial charge in [-0.05, 0) is 41.9 Å². The van der Waals surface area contributed by atoms with E-state index in [1.54, 1.807) is 12.1 Å². The molecule has 94 valence electrons. The fourth-order valence-electron chi connectivity index (χ4n) is 1.59. The largest absolute Gasteiger partial charge is 0.490 e. The third kappa shape index (κ3) is 3.12. The van der Waals surface area contributed by atoms with Gasteiger partial charge in [-0.15, -0.1) is 0 Å². The Morgan fingerprint density at radius 1 is 1.35 bits per heavy atom. The highest BCUT2D eigenvalue weighted by molar-refractivity contribution is 6.31. The van der Waals surface area contributed by atoms with Crippen LogP contribution in [0.15, 0.2) is 12.1 Å². The van der Waals surface area contributed by atoms with Crippen LogP contribution in [0.25, 0.3) is 0 Å². The molecule has 0 aliphatic heterocycles. The molecule has 0 amide bonds. The van der Waals surface area contributed by atoms with Gasteiger partial charge in [0.25, 0.3) is 0 Å². The van der Waals surface area contributed by atoms with Crippen molar-refractivity contribution in [3.63, 3.8) is 0 Å². The summed E-state index contributed by atoms with van der Waals surface area (Å²) in [4.78, 5) is 0. The molecule has 1 aliphatic carbocycles. The zero-order valence-electron chi connectivity index (χ0n) is 10.5. The molecule has 3 heteroatoms. The molecule has 1 nitrogen and oxygen atoms in total. The predicted octanol–water partition coefficient (Wildman–Crippen LogP) is 4.57. The molecular formula is C14H18ClFO. The highest BCUT2D eigenvalue weighted by atomic mass is 35.5. The maximum atomic E-state index is 13.8. The summed E-state index contributed by atoms with van der Waals surface area (Å²) in [5, 5.41) is 0.142. The molecule has 0 atom stereocenters. The van der Waals surface area contributed by atoms with Crippen molar-refractivity contribution >= 4 is 11.6 Å². The van der Waals surface area contributed by atoms with Gasteiger partial charge in [-0.3, -0.25) is 0 Å². The smallest absolute Gasteiger partial charge is 0.183 e. The van der Waals surface area contributed by atoms with Crippen molar-refractivity contribution in [2.75, 3.05) is 6.61 Å². The van der Waals surface area contributed by atoms with Gasteiger partial charge in [0, 0.05) is 0 Å². The van der Waals surface area contributed by atoms with E-state index in [-0.39, 0.29) is 16.2 Å². The van der Waals surface area contributed by atoms with Crippen LogP contribution in [0.5, 0.6) is 5.75 Å². The minimum atomic E-state index is -0.444. The van der Waals surface area contributed by atoms with Crippen molar-refractivity contribution in [3.8, 4) is 5.75 Å². The Balaban J connectivity index is 2.25. The first-order chi connectivity index (χ1) is 7.88. The molecule has 0 radical (unpaired) electrons. The van der Waals surface area contributed by atoms with Crippen LogP contribution < -0.4 is 4.74 Å². The Morgan fingerprint density at radius 2 is 2.00 bits per heavy atom. The maximum Gasteiger partial charge on any atom is 0.183 e. The fraction of sp³-hybridized carbons (Fsp3) is 0.571. The maximum absolute atomic E-state index is 13.8. The zero-order chi connectivity index (χ0) is 12.6. The SMILES string of the molecule is CC(C)(C)c1cc(Cl)c(F)c(OCC2CC2)c1. The van der Waals surface area contributed by atoms with E-state index in [0.29, 0.717) is 12.5 Å². The first-order valence-electron chi connectivity index (χ1n) is 6.00. The second-order valence-electron chi connectivity index (χ2n) is 5.77. The molecule has 1 aromatic carbocycles. The van der Waals surface area contributed by atoms with Gasteiger partial charge in [-0.2, -0.15) is 0 Å². The van der Waals surface area contributed by atoms with Gasteiger partial charge in [0.15, 0.2) is 11.6 Å². The highest BCUT2D eigenvalue weighted by Crippen LogP contribution is 2.35. The van der Waals surface area contributed by atoms with Crippen LogP contribution in [0.1, 0.15) is 39.2 Å². The van der Waals surface area contributed by atoms with Gasteiger partial charge in [0.1, 0.15) is 0 Å². The minimum absolute atomic E-state index is 0.0605. The molecular weight excluding hydrogens is 239 g/mol. The molecule has 17 heavy (non-hydrogen) atoms. The molecule has 0 saturated heterocycles. The van der Waals surface area contributed by atoms with Crippen molar-refractivity contribution in [1.29, 1.82) is 0 Å². The number of benzene rings is 1. The van der Waals surface area contributed by atoms with Crippen LogP contribution in [0.2, 0.25) is 5.02 Å². The third-order valence-corrected chi connectivity index (χ3v) is 3.31. The van der Waals surface area contributed by atoms with Crippen molar-refractivity contribution in [1.82, 2.24) is 0 Å². The first-order valence-corrected chi connectivity index (χ1v) is 6.38. The highest BCUT2D eigenvalue weighted by Gasteiger charge is 2.24. The molecule has 0 aromatic heterocycles. The molecule has 0 unspecified atom stereocenters. The minimum Gasteiger partial charge on any atom is -0.490 e. The summed E-state index contributed by atoms with van der Waals surface area (Å²) in [5.74, 6) is 0.445. The van der Waals surface area contributed by atoms with Gasteiger partial charge < -0.3 is 4.74 Å². The second kappa shape index (κ2) is 4.49. The van der Waals surface area contributed by atoms with E-state index in [4.69, 9.17) is 16.3 Å². The van der Waals surface area contributed by atoms with E-state index < -0.39 is 5.82 Å². The average molecular weight is 257 g/mol. The zero-order valence-corrected chi connectivity index (χ0v) is 11.3. The van der Waals surface area contributed by atoms with Crippen molar-refractivity contribution in [2.45, 2.75) is 39.0 Å². The van der Waals surface area contributed by atoms with E-state index in [2.05, 4.69) is 20.8 Å². The second-order valence-corrected chi connectivity index (χ2v) is 6.18. The number of hydrogen-bond acceptors (Lipinski definition) is 1. The Labute approximate surface area is 107 Å². The van der Waals surface area contributed by atoms with Crippen molar-refractivity contribution in [3.05, 3.63) is 28.5 Å². The summed E-state index contributed by atoms with van der Waals surface area (Å²) in [5.41, 5.74) is 0.935. The van der Waals surface area contributed by atoms with Crippen molar-refractivity contribution < 1.29 is 9.13 Å². The lowest BCUT2D eigenvalue weighted by Gasteiger charge is -2.21. The number of rotatable bonds is 3. The van der Waals surface area contributed by atoms with Crippen LogP contribution in [-0.4, -0.2) is 6.61 Å². The van der Waals surface area contributed by atoms with Crippen LogP contribution in [-0.2, 0) is 5.41 Å². The van der Waals surface area contributed by atoms with Crippen LogP contribution in [0.3, 0.4) is 0 Å². The topological polar surface area (TPSA) is 9.23 Å². The number of ether oxygens (including phenoxy) is 1. The molecule has 0 N–H and O–H groups in total. The molecule has 1 saturated carbocycles. The average Bonchev–Trinajstić information content (AvgIpc) is 3.02. The van der Waals surface area contributed by atoms with Gasteiger partial charge in [-0.25, -0.2) is 4.39 Å². The first kappa shape index (κ1) is 12.7. The molecule has 2 rings (SSSR count). The Bertz CT molecular complexity index is 419. The summed E-state index contributed by atoms with van der Waals surface area (Å²) in [6.45, 7) is 6.81. The summed E-state index contributed by atoms with van der Waals surface area (Å²) < 4.78 is 19.3. The van der Waals surface area contributed by atoms with Gasteiger partial charge in [0.2, 0.25) is 0 Å². The van der Waals surface area contributed by atoms with Crippen molar-refractivity contribution in [2.24, 2.45) is 5.92 Å². The molecule has 1 aromatic rings. The molecule has 0 spiro atoms. The van der Waals surface area contributed by atoms with Gasteiger partial charge in [0.05, 0.1) is 11.6 Å². The molecule has 1 fully saturated rings. The Kier molecular flexibility index (Phi) is 3.35. The van der Waals surface area contributed by atoms with Crippen LogP contribution in [0.4, 0.5) is 4.39 Å². The normalized spacial score (nSPS) is 16.1. The summed E-state index contributed by atoms with van der Waals surface area (Å²) in [6.07, 6.45) is 2.38.